The van der Waals surface area contributed by atoms with Crippen LogP contribution in [-0.4, -0.2) is 69.1 Å². The largest absolute Gasteiger partial charge is 0.508 e. The van der Waals surface area contributed by atoms with Gasteiger partial charge in [0.15, 0.2) is 0 Å². The first-order valence-electron chi connectivity index (χ1n) is 10.9. The van der Waals surface area contributed by atoms with Crippen LogP contribution in [0.3, 0.4) is 0 Å². The van der Waals surface area contributed by atoms with Crippen LogP contribution >= 0.6 is 0 Å². The lowest BCUT2D eigenvalue weighted by Crippen LogP contribution is -2.71. The first-order valence-corrected chi connectivity index (χ1v) is 10.9. The van der Waals surface area contributed by atoms with Crippen LogP contribution < -0.4 is 0 Å². The Morgan fingerprint density at radius 1 is 1.21 bits per heavy atom. The van der Waals surface area contributed by atoms with E-state index in [1.807, 2.05) is 0 Å². The summed E-state index contributed by atoms with van der Waals surface area (Å²) in [5, 5.41) is 21.8. The summed E-state index contributed by atoms with van der Waals surface area (Å²) in [5.74, 6) is -0.698. The number of benzene rings is 2. The van der Waals surface area contributed by atoms with E-state index >= 15 is 0 Å². The van der Waals surface area contributed by atoms with Crippen LogP contribution in [0.2, 0.25) is 0 Å². The third kappa shape index (κ3) is 3.75. The second kappa shape index (κ2) is 8.79. The Morgan fingerprint density at radius 3 is 2.62 bits per heavy atom. The number of phenols is 1. The number of carbonyl (C=O) groups excluding carboxylic acids is 2. The van der Waals surface area contributed by atoms with Gasteiger partial charge in [0.05, 0.1) is 15.8 Å². The maximum Gasteiger partial charge on any atom is 0.279 e. The number of nitrogens with zero attached hydrogens (tertiary/aromatic N) is 3. The number of nitro benzene ring substituents is 1. The minimum atomic E-state index is -1.57. The minimum Gasteiger partial charge on any atom is -0.508 e. The van der Waals surface area contributed by atoms with Crippen molar-refractivity contribution in [1.29, 1.82) is 0 Å². The van der Waals surface area contributed by atoms with Gasteiger partial charge in [-0.25, -0.2) is 0 Å². The molecule has 1 fully saturated rings. The summed E-state index contributed by atoms with van der Waals surface area (Å²) in [6, 6.07) is 10.3. The number of carbonyl (C=O) groups is 2. The molecule has 0 saturated carbocycles. The molecule has 178 valence electrons. The average Bonchev–Trinajstić information content (AvgIpc) is 3.22. The zero-order chi connectivity index (χ0) is 24.6. The number of nitro groups is 1. The van der Waals surface area contributed by atoms with Crippen LogP contribution in [0.1, 0.15) is 18.1 Å². The minimum absolute atomic E-state index is 0.0496. The lowest BCUT2D eigenvalue weighted by molar-refractivity contribution is -0.383. The van der Waals surface area contributed by atoms with Crippen LogP contribution in [0.25, 0.3) is 10.9 Å². The number of rotatable bonds is 7. The number of aromatic amines is 1. The summed E-state index contributed by atoms with van der Waals surface area (Å²) >= 11 is 0. The third-order valence-corrected chi connectivity index (χ3v) is 6.39. The van der Waals surface area contributed by atoms with Crippen molar-refractivity contribution in [2.24, 2.45) is 0 Å². The van der Waals surface area contributed by atoms with Gasteiger partial charge in [0.2, 0.25) is 11.6 Å². The van der Waals surface area contributed by atoms with E-state index in [9.17, 15) is 24.8 Å². The standard InChI is InChI=1S/C24H26N4O6/c1-4-34-24(13-15-7-5-8-17(29)11-15)23(31)26(2)20(22(30)27(24)3)12-16-14-25-18-9-6-10-19(21(16)18)28(32)33/h5-11,14,20,25,29H,4,12-13H2,1-3H3/t20-,24-/m0/s1. The fraction of sp³-hybridized carbons (Fsp3) is 0.333. The van der Waals surface area contributed by atoms with Gasteiger partial charge in [0, 0.05) is 45.8 Å². The van der Waals surface area contributed by atoms with E-state index < -0.39 is 22.6 Å². The SMILES string of the molecule is CCO[C@@]1(Cc2cccc(O)c2)C(=O)N(C)[C@@H](Cc2c[nH]c3cccc([N+](=O)[O-])c23)C(=O)N1C. The van der Waals surface area contributed by atoms with Gasteiger partial charge in [-0.2, -0.15) is 0 Å². The van der Waals surface area contributed by atoms with E-state index in [0.717, 1.165) is 0 Å². The van der Waals surface area contributed by atoms with Crippen LogP contribution in [0.4, 0.5) is 5.69 Å². The molecule has 2 amide bonds. The highest BCUT2D eigenvalue weighted by atomic mass is 16.6. The number of piperazine rings is 1. The van der Waals surface area contributed by atoms with Gasteiger partial charge in [-0.3, -0.25) is 19.7 Å². The Morgan fingerprint density at radius 2 is 1.94 bits per heavy atom. The molecule has 1 aliphatic heterocycles. The van der Waals surface area contributed by atoms with E-state index in [1.54, 1.807) is 37.4 Å². The molecule has 0 radical (unpaired) electrons. The number of nitrogens with one attached hydrogen (secondary N) is 1. The molecule has 1 aromatic heterocycles. The van der Waals surface area contributed by atoms with E-state index in [-0.39, 0.29) is 36.8 Å². The predicted octanol–water partition coefficient (Wildman–Crippen LogP) is 2.60. The smallest absolute Gasteiger partial charge is 0.279 e. The highest BCUT2D eigenvalue weighted by Crippen LogP contribution is 2.34. The Hall–Kier alpha value is -3.92. The van der Waals surface area contributed by atoms with Crippen molar-refractivity contribution < 1.29 is 24.4 Å². The Labute approximate surface area is 195 Å². The van der Waals surface area contributed by atoms with Crippen molar-refractivity contribution in [3.8, 4) is 5.75 Å². The highest BCUT2D eigenvalue weighted by molar-refractivity contribution is 6.00. The summed E-state index contributed by atoms with van der Waals surface area (Å²) in [4.78, 5) is 44.1. The monoisotopic (exact) mass is 466 g/mol. The molecule has 34 heavy (non-hydrogen) atoms. The van der Waals surface area contributed by atoms with Crippen LogP contribution in [0, 0.1) is 10.1 Å². The third-order valence-electron chi connectivity index (χ3n) is 6.39. The fourth-order valence-electron chi connectivity index (χ4n) is 4.69. The van der Waals surface area contributed by atoms with Crippen LogP contribution in [0.15, 0.2) is 48.7 Å². The number of hydrogen-bond acceptors (Lipinski definition) is 6. The maximum atomic E-state index is 13.7. The number of H-pyrrole nitrogens is 1. The van der Waals surface area contributed by atoms with E-state index in [0.29, 0.717) is 22.0 Å². The molecule has 2 N–H and O–H groups in total. The number of aromatic hydroxyl groups is 1. The molecule has 2 aromatic carbocycles. The zero-order valence-corrected chi connectivity index (χ0v) is 19.1. The summed E-state index contributed by atoms with van der Waals surface area (Å²) in [6.45, 7) is 1.93. The van der Waals surface area contributed by atoms with Crippen molar-refractivity contribution >= 4 is 28.4 Å². The molecule has 0 spiro atoms. The van der Waals surface area contributed by atoms with Gasteiger partial charge >= 0.3 is 0 Å². The first kappa shape index (κ1) is 23.2. The molecule has 1 aliphatic rings. The highest BCUT2D eigenvalue weighted by Gasteiger charge is 2.55. The quantitative estimate of drug-likeness (QED) is 0.407. The van der Waals surface area contributed by atoms with Crippen molar-refractivity contribution in [2.75, 3.05) is 20.7 Å². The molecule has 3 aromatic rings. The molecular formula is C24H26N4O6. The van der Waals surface area contributed by atoms with Crippen LogP contribution in [0.5, 0.6) is 5.75 Å². The first-order chi connectivity index (χ1) is 16.2. The summed E-state index contributed by atoms with van der Waals surface area (Å²) in [5.41, 5.74) is 0.164. The normalized spacial score (nSPS) is 20.9. The number of hydrogen-bond donors (Lipinski definition) is 2. The number of fused-ring (bicyclic) bond motifs is 1. The van der Waals surface area contributed by atoms with Gasteiger partial charge in [-0.1, -0.05) is 18.2 Å². The number of phenolic OH excluding ortho intramolecular Hbond substituents is 1. The molecule has 10 heteroatoms. The molecule has 2 heterocycles. The fourth-order valence-corrected chi connectivity index (χ4v) is 4.69. The number of aromatic nitrogens is 1. The Balaban J connectivity index is 1.70. The second-order valence-electron chi connectivity index (χ2n) is 8.37. The van der Waals surface area contributed by atoms with Gasteiger partial charge in [-0.15, -0.1) is 0 Å². The van der Waals surface area contributed by atoms with Crippen molar-refractivity contribution in [3.63, 3.8) is 0 Å². The topological polar surface area (TPSA) is 129 Å². The Bertz CT molecular complexity index is 1270. The average molecular weight is 466 g/mol. The van der Waals surface area contributed by atoms with Crippen molar-refractivity contribution in [2.45, 2.75) is 31.5 Å². The summed E-state index contributed by atoms with van der Waals surface area (Å²) in [6.07, 6.45) is 1.80. The summed E-state index contributed by atoms with van der Waals surface area (Å²) < 4.78 is 5.92. The van der Waals surface area contributed by atoms with Crippen molar-refractivity contribution in [1.82, 2.24) is 14.8 Å². The van der Waals surface area contributed by atoms with Crippen molar-refractivity contribution in [3.05, 3.63) is 69.9 Å². The Kier molecular flexibility index (Phi) is 6.01. The number of ether oxygens (including phenoxy) is 1. The molecule has 0 unspecified atom stereocenters. The predicted molar refractivity (Wildman–Crippen MR) is 124 cm³/mol. The van der Waals surface area contributed by atoms with Gasteiger partial charge < -0.3 is 24.6 Å². The molecule has 0 bridgehead atoms. The zero-order valence-electron chi connectivity index (χ0n) is 19.1. The van der Waals surface area contributed by atoms with Gasteiger partial charge in [0.25, 0.3) is 11.6 Å². The molecule has 10 nitrogen and oxygen atoms in total. The number of amides is 2. The number of non-ortho nitro benzene ring substituents is 1. The maximum absolute atomic E-state index is 13.7. The van der Waals surface area contributed by atoms with E-state index in [2.05, 4.69) is 4.98 Å². The molecule has 1 saturated heterocycles. The van der Waals surface area contributed by atoms with Crippen LogP contribution in [-0.2, 0) is 27.2 Å². The molecular weight excluding hydrogens is 440 g/mol. The lowest BCUT2D eigenvalue weighted by atomic mass is 9.92. The molecule has 4 rings (SSSR count). The molecule has 0 aliphatic carbocycles. The van der Waals surface area contributed by atoms with E-state index in [4.69, 9.17) is 4.74 Å². The lowest BCUT2D eigenvalue weighted by Gasteiger charge is -2.49. The molecule has 2 atom stereocenters. The van der Waals surface area contributed by atoms with E-state index in [1.165, 1.54) is 42.1 Å². The number of likely N-dealkylation sites (N-methyl/N-ethyl adjacent to an activating group) is 2. The summed E-state index contributed by atoms with van der Waals surface area (Å²) in [7, 11) is 3.06. The second-order valence-corrected chi connectivity index (χ2v) is 8.37. The van der Waals surface area contributed by atoms with Gasteiger partial charge in [-0.05, 0) is 36.2 Å². The van der Waals surface area contributed by atoms with Gasteiger partial charge in [0.1, 0.15) is 11.8 Å².